The number of ether oxygens (including phenoxy) is 1. The molecule has 4 heteroatoms. The lowest BCUT2D eigenvalue weighted by Crippen LogP contribution is -2.22. The number of nitrogens with zero attached hydrogens (tertiary/aromatic N) is 1. The lowest BCUT2D eigenvalue weighted by molar-refractivity contribution is -0.144. The van der Waals surface area contributed by atoms with Gasteiger partial charge in [-0.05, 0) is 67.8 Å². The molecule has 114 valence electrons. The first-order valence-electron chi connectivity index (χ1n) is 7.06. The van der Waals surface area contributed by atoms with E-state index < -0.39 is 12.1 Å². The van der Waals surface area contributed by atoms with Gasteiger partial charge in [-0.25, -0.2) is 4.79 Å². The Hall–Kier alpha value is -2.62. The van der Waals surface area contributed by atoms with Crippen LogP contribution in [0.4, 0.5) is 5.69 Å². The van der Waals surface area contributed by atoms with Crippen LogP contribution in [-0.2, 0) is 4.79 Å². The van der Waals surface area contributed by atoms with Crippen LogP contribution in [0.2, 0.25) is 0 Å². The van der Waals surface area contributed by atoms with Gasteiger partial charge in [0.25, 0.3) is 0 Å². The molecule has 2 aromatic carbocycles. The summed E-state index contributed by atoms with van der Waals surface area (Å²) in [4.78, 5) is 15.2. The van der Waals surface area contributed by atoms with Crippen molar-refractivity contribution < 1.29 is 14.6 Å². The number of rotatable bonds is 5. The fourth-order valence-electron chi connectivity index (χ4n) is 1.89. The largest absolute Gasteiger partial charge is 0.479 e. The highest BCUT2D eigenvalue weighted by atomic mass is 16.5. The van der Waals surface area contributed by atoms with Gasteiger partial charge in [0.15, 0.2) is 6.10 Å². The maximum atomic E-state index is 10.7. The van der Waals surface area contributed by atoms with Gasteiger partial charge in [-0.2, -0.15) is 0 Å². The van der Waals surface area contributed by atoms with Crippen molar-refractivity contribution in [3.8, 4) is 5.75 Å². The standard InChI is InChI=1S/C18H19NO3/c1-12-4-5-13(2)17(10-12)19-11-15-6-8-16(9-7-15)22-14(3)18(20)21/h4-11,14H,1-3H3,(H,20,21)/t14-/m0/s1. The Balaban J connectivity index is 2.09. The molecule has 0 heterocycles. The average Bonchev–Trinajstić information content (AvgIpc) is 2.49. The van der Waals surface area contributed by atoms with Gasteiger partial charge in [-0.15, -0.1) is 0 Å². The molecule has 0 saturated heterocycles. The number of aliphatic carboxylic acids is 1. The molecule has 1 N–H and O–H groups in total. The number of carbonyl (C=O) groups is 1. The number of aliphatic imine (C=N–C) groups is 1. The van der Waals surface area contributed by atoms with E-state index in [0.29, 0.717) is 5.75 Å². The molecule has 0 unspecified atom stereocenters. The molecule has 0 amide bonds. The third kappa shape index (κ3) is 4.19. The molecule has 0 aliphatic carbocycles. The van der Waals surface area contributed by atoms with Crippen molar-refractivity contribution in [3.63, 3.8) is 0 Å². The van der Waals surface area contributed by atoms with E-state index in [1.807, 2.05) is 38.1 Å². The minimum atomic E-state index is -0.986. The number of hydrogen-bond acceptors (Lipinski definition) is 3. The molecule has 0 fully saturated rings. The quantitative estimate of drug-likeness (QED) is 0.851. The average molecular weight is 297 g/mol. The van der Waals surface area contributed by atoms with E-state index in [1.165, 1.54) is 12.5 Å². The number of carboxylic acid groups (broad SMARTS) is 1. The van der Waals surface area contributed by atoms with Crippen molar-refractivity contribution >= 4 is 17.9 Å². The second-order valence-corrected chi connectivity index (χ2v) is 5.22. The Morgan fingerprint density at radius 3 is 2.50 bits per heavy atom. The second-order valence-electron chi connectivity index (χ2n) is 5.22. The Kier molecular flexibility index (Phi) is 4.94. The van der Waals surface area contributed by atoms with E-state index >= 15 is 0 Å². The molecule has 2 rings (SSSR count). The Morgan fingerprint density at radius 1 is 1.18 bits per heavy atom. The first-order chi connectivity index (χ1) is 10.5. The van der Waals surface area contributed by atoms with Gasteiger partial charge >= 0.3 is 5.97 Å². The molecule has 0 aliphatic heterocycles. The second kappa shape index (κ2) is 6.89. The molecular weight excluding hydrogens is 278 g/mol. The highest BCUT2D eigenvalue weighted by molar-refractivity contribution is 5.82. The topological polar surface area (TPSA) is 58.9 Å². The van der Waals surface area contributed by atoms with Crippen LogP contribution >= 0.6 is 0 Å². The molecule has 0 aliphatic rings. The van der Waals surface area contributed by atoms with Crippen molar-refractivity contribution in [2.24, 2.45) is 4.99 Å². The molecule has 0 spiro atoms. The summed E-state index contributed by atoms with van der Waals surface area (Å²) in [6, 6.07) is 13.3. The maximum absolute atomic E-state index is 10.7. The van der Waals surface area contributed by atoms with E-state index in [4.69, 9.17) is 9.84 Å². The zero-order valence-electron chi connectivity index (χ0n) is 12.9. The molecule has 2 aromatic rings. The number of aryl methyl sites for hydroxylation is 2. The van der Waals surface area contributed by atoms with Crippen molar-refractivity contribution in [1.29, 1.82) is 0 Å². The number of carboxylic acids is 1. The van der Waals surface area contributed by atoms with Gasteiger partial charge in [0.2, 0.25) is 0 Å². The monoisotopic (exact) mass is 297 g/mol. The van der Waals surface area contributed by atoms with E-state index in [0.717, 1.165) is 16.8 Å². The highest BCUT2D eigenvalue weighted by Crippen LogP contribution is 2.20. The van der Waals surface area contributed by atoms with Gasteiger partial charge < -0.3 is 9.84 Å². The lowest BCUT2D eigenvalue weighted by atomic mass is 10.1. The highest BCUT2D eigenvalue weighted by Gasteiger charge is 2.11. The minimum Gasteiger partial charge on any atom is -0.479 e. The van der Waals surface area contributed by atoms with Gasteiger partial charge in [0, 0.05) is 6.21 Å². The zero-order valence-corrected chi connectivity index (χ0v) is 12.9. The Bertz CT molecular complexity index is 690. The van der Waals surface area contributed by atoms with Crippen LogP contribution in [0.25, 0.3) is 0 Å². The summed E-state index contributed by atoms with van der Waals surface area (Å²) >= 11 is 0. The van der Waals surface area contributed by atoms with Gasteiger partial charge in [-0.3, -0.25) is 4.99 Å². The summed E-state index contributed by atoms with van der Waals surface area (Å²) in [7, 11) is 0. The Labute approximate surface area is 130 Å². The summed E-state index contributed by atoms with van der Waals surface area (Å²) in [5, 5.41) is 8.81. The Morgan fingerprint density at radius 2 is 1.86 bits per heavy atom. The summed E-state index contributed by atoms with van der Waals surface area (Å²) in [6.07, 6.45) is 0.918. The van der Waals surface area contributed by atoms with Crippen molar-refractivity contribution in [2.75, 3.05) is 0 Å². The number of benzene rings is 2. The summed E-state index contributed by atoms with van der Waals surface area (Å²) < 4.78 is 5.28. The SMILES string of the molecule is Cc1ccc(C)c(N=Cc2ccc(O[C@@H](C)C(=O)O)cc2)c1. The molecule has 0 saturated carbocycles. The van der Waals surface area contributed by atoms with E-state index in [9.17, 15) is 4.79 Å². The van der Waals surface area contributed by atoms with Crippen LogP contribution in [0.5, 0.6) is 5.75 Å². The molecule has 0 aromatic heterocycles. The van der Waals surface area contributed by atoms with Crippen LogP contribution in [0.3, 0.4) is 0 Å². The zero-order chi connectivity index (χ0) is 16.1. The van der Waals surface area contributed by atoms with E-state index in [1.54, 1.807) is 18.3 Å². The van der Waals surface area contributed by atoms with Gasteiger partial charge in [-0.1, -0.05) is 12.1 Å². The molecule has 22 heavy (non-hydrogen) atoms. The molecular formula is C18H19NO3. The third-order valence-electron chi connectivity index (χ3n) is 3.26. The van der Waals surface area contributed by atoms with Crippen molar-refractivity contribution in [1.82, 2.24) is 0 Å². The summed E-state index contributed by atoms with van der Waals surface area (Å²) in [5.74, 6) is -0.459. The predicted molar refractivity (Wildman–Crippen MR) is 87.3 cm³/mol. The summed E-state index contributed by atoms with van der Waals surface area (Å²) in [6.45, 7) is 5.56. The van der Waals surface area contributed by atoms with Crippen LogP contribution in [-0.4, -0.2) is 23.4 Å². The molecule has 0 bridgehead atoms. The predicted octanol–water partition coefficient (Wildman–Crippen LogP) is 3.91. The van der Waals surface area contributed by atoms with Crippen LogP contribution in [0.15, 0.2) is 47.5 Å². The third-order valence-corrected chi connectivity index (χ3v) is 3.26. The van der Waals surface area contributed by atoms with Crippen LogP contribution in [0.1, 0.15) is 23.6 Å². The van der Waals surface area contributed by atoms with Gasteiger partial charge in [0.05, 0.1) is 5.69 Å². The fraction of sp³-hybridized carbons (Fsp3) is 0.222. The summed E-state index contributed by atoms with van der Waals surface area (Å²) in [5.41, 5.74) is 4.16. The minimum absolute atomic E-state index is 0.527. The smallest absolute Gasteiger partial charge is 0.344 e. The molecule has 0 radical (unpaired) electrons. The first kappa shape index (κ1) is 15.8. The normalized spacial score (nSPS) is 12.3. The van der Waals surface area contributed by atoms with Crippen LogP contribution < -0.4 is 4.74 Å². The van der Waals surface area contributed by atoms with Crippen LogP contribution in [0, 0.1) is 13.8 Å². The first-order valence-corrected chi connectivity index (χ1v) is 7.06. The number of hydrogen-bond donors (Lipinski definition) is 1. The fourth-order valence-corrected chi connectivity index (χ4v) is 1.89. The van der Waals surface area contributed by atoms with Crippen molar-refractivity contribution in [2.45, 2.75) is 26.9 Å². The van der Waals surface area contributed by atoms with E-state index in [-0.39, 0.29) is 0 Å². The maximum Gasteiger partial charge on any atom is 0.344 e. The molecule has 4 nitrogen and oxygen atoms in total. The van der Waals surface area contributed by atoms with Crippen molar-refractivity contribution in [3.05, 3.63) is 59.2 Å². The van der Waals surface area contributed by atoms with Gasteiger partial charge in [0.1, 0.15) is 5.75 Å². The molecule has 1 atom stereocenters. The lowest BCUT2D eigenvalue weighted by Gasteiger charge is -2.10. The van der Waals surface area contributed by atoms with E-state index in [2.05, 4.69) is 11.1 Å².